The van der Waals surface area contributed by atoms with E-state index in [-0.39, 0.29) is 22.4 Å². The summed E-state index contributed by atoms with van der Waals surface area (Å²) >= 11 is 0. The number of amides is 1. The smallest absolute Gasteiger partial charge is 0.256 e. The third-order valence-electron chi connectivity index (χ3n) is 3.70. The molecule has 3 rings (SSSR count). The number of carbonyl (C=O) groups excluding carboxylic acids is 2. The van der Waals surface area contributed by atoms with Crippen LogP contribution in [0, 0.1) is 17.5 Å². The van der Waals surface area contributed by atoms with E-state index < -0.39 is 29.1 Å². The molecule has 6 heteroatoms. The first-order valence-corrected chi connectivity index (χ1v) is 7.61. The minimum Gasteiger partial charge on any atom is -0.322 e. The fraction of sp³-hybridized carbons (Fsp3) is 0. The Kier molecular flexibility index (Phi) is 4.84. The maximum atomic E-state index is 13.3. The van der Waals surface area contributed by atoms with E-state index >= 15 is 0 Å². The summed E-state index contributed by atoms with van der Waals surface area (Å²) in [6.45, 7) is 0. The molecule has 0 aliphatic carbocycles. The van der Waals surface area contributed by atoms with Crippen LogP contribution >= 0.6 is 0 Å². The van der Waals surface area contributed by atoms with Crippen molar-refractivity contribution in [3.05, 3.63) is 101 Å². The summed E-state index contributed by atoms with van der Waals surface area (Å²) in [6.07, 6.45) is 0. The van der Waals surface area contributed by atoms with E-state index in [1.807, 2.05) is 0 Å². The van der Waals surface area contributed by atoms with Crippen LogP contribution in [0.1, 0.15) is 26.3 Å². The van der Waals surface area contributed by atoms with E-state index in [9.17, 15) is 22.8 Å². The number of ketones is 1. The molecule has 0 fully saturated rings. The quantitative estimate of drug-likeness (QED) is 0.696. The number of hydrogen-bond donors (Lipinski definition) is 1. The number of rotatable bonds is 4. The van der Waals surface area contributed by atoms with E-state index in [1.165, 1.54) is 30.3 Å². The van der Waals surface area contributed by atoms with E-state index in [1.54, 1.807) is 12.1 Å². The Balaban J connectivity index is 1.90. The van der Waals surface area contributed by atoms with Crippen LogP contribution in [0.2, 0.25) is 0 Å². The molecule has 0 aliphatic heterocycles. The van der Waals surface area contributed by atoms with Crippen LogP contribution in [0.25, 0.3) is 0 Å². The zero-order chi connectivity index (χ0) is 18.7. The van der Waals surface area contributed by atoms with E-state index in [4.69, 9.17) is 0 Å². The van der Waals surface area contributed by atoms with Crippen LogP contribution < -0.4 is 5.32 Å². The topological polar surface area (TPSA) is 46.2 Å². The minimum absolute atomic E-state index is 0.0536. The van der Waals surface area contributed by atoms with Gasteiger partial charge in [-0.15, -0.1) is 0 Å². The van der Waals surface area contributed by atoms with Crippen molar-refractivity contribution in [2.45, 2.75) is 0 Å². The second-order valence-electron chi connectivity index (χ2n) is 5.46. The van der Waals surface area contributed by atoms with Gasteiger partial charge in [0, 0.05) is 22.9 Å². The monoisotopic (exact) mass is 355 g/mol. The zero-order valence-corrected chi connectivity index (χ0v) is 13.3. The Morgan fingerprint density at radius 2 is 1.38 bits per heavy atom. The maximum Gasteiger partial charge on any atom is 0.256 e. The predicted octanol–water partition coefficient (Wildman–Crippen LogP) is 4.59. The van der Waals surface area contributed by atoms with Crippen molar-refractivity contribution in [1.29, 1.82) is 0 Å². The second kappa shape index (κ2) is 7.23. The Labute approximate surface area is 147 Å². The van der Waals surface area contributed by atoms with Crippen LogP contribution in [0.15, 0.2) is 66.7 Å². The van der Waals surface area contributed by atoms with Crippen molar-refractivity contribution in [2.24, 2.45) is 0 Å². The van der Waals surface area contributed by atoms with Gasteiger partial charge in [0.05, 0.1) is 5.56 Å². The van der Waals surface area contributed by atoms with Gasteiger partial charge in [-0.2, -0.15) is 0 Å². The van der Waals surface area contributed by atoms with Crippen molar-refractivity contribution in [3.63, 3.8) is 0 Å². The fourth-order valence-electron chi connectivity index (χ4n) is 2.41. The normalized spacial score (nSPS) is 10.4. The highest BCUT2D eigenvalue weighted by Crippen LogP contribution is 2.18. The average molecular weight is 355 g/mol. The molecule has 3 aromatic carbocycles. The molecule has 0 aromatic heterocycles. The standard InChI is InChI=1S/C20H12F3NO2/c21-13-7-5-12(6-8-13)19(25)15-3-1-2-4-16(15)20(26)24-14-9-10-17(22)18(23)11-14/h1-11H,(H,24,26). The van der Waals surface area contributed by atoms with Crippen LogP contribution in [-0.4, -0.2) is 11.7 Å². The maximum absolute atomic E-state index is 13.3. The van der Waals surface area contributed by atoms with Gasteiger partial charge in [0.2, 0.25) is 0 Å². The molecular weight excluding hydrogens is 343 g/mol. The Bertz CT molecular complexity index is 985. The molecule has 0 unspecified atom stereocenters. The highest BCUT2D eigenvalue weighted by Gasteiger charge is 2.18. The van der Waals surface area contributed by atoms with Crippen molar-refractivity contribution >= 4 is 17.4 Å². The highest BCUT2D eigenvalue weighted by atomic mass is 19.2. The molecule has 1 amide bonds. The summed E-state index contributed by atoms with van der Waals surface area (Å²) in [7, 11) is 0. The lowest BCUT2D eigenvalue weighted by molar-refractivity contribution is 0.0996. The van der Waals surface area contributed by atoms with Gasteiger partial charge in [0.1, 0.15) is 5.82 Å². The second-order valence-corrected chi connectivity index (χ2v) is 5.46. The predicted molar refractivity (Wildman–Crippen MR) is 90.6 cm³/mol. The van der Waals surface area contributed by atoms with Crippen LogP contribution in [0.3, 0.4) is 0 Å². The molecule has 0 aliphatic rings. The van der Waals surface area contributed by atoms with E-state index in [0.29, 0.717) is 0 Å². The Hall–Kier alpha value is -3.41. The highest BCUT2D eigenvalue weighted by molar-refractivity contribution is 6.17. The summed E-state index contributed by atoms with van der Waals surface area (Å²) < 4.78 is 39.3. The SMILES string of the molecule is O=C(Nc1ccc(F)c(F)c1)c1ccccc1C(=O)c1ccc(F)cc1. The van der Waals surface area contributed by atoms with Crippen molar-refractivity contribution in [3.8, 4) is 0 Å². The minimum atomic E-state index is -1.10. The van der Waals surface area contributed by atoms with Gasteiger partial charge < -0.3 is 5.32 Å². The molecule has 130 valence electrons. The lowest BCUT2D eigenvalue weighted by Crippen LogP contribution is -2.17. The number of benzene rings is 3. The van der Waals surface area contributed by atoms with Gasteiger partial charge in [-0.1, -0.05) is 18.2 Å². The van der Waals surface area contributed by atoms with Gasteiger partial charge in [-0.3, -0.25) is 9.59 Å². The number of nitrogens with one attached hydrogen (secondary N) is 1. The number of hydrogen-bond acceptors (Lipinski definition) is 2. The number of halogens is 3. The molecule has 26 heavy (non-hydrogen) atoms. The lowest BCUT2D eigenvalue weighted by atomic mass is 9.98. The molecule has 0 radical (unpaired) electrons. The van der Waals surface area contributed by atoms with Gasteiger partial charge in [0.15, 0.2) is 17.4 Å². The van der Waals surface area contributed by atoms with Gasteiger partial charge >= 0.3 is 0 Å². The fourth-order valence-corrected chi connectivity index (χ4v) is 2.41. The van der Waals surface area contributed by atoms with Crippen molar-refractivity contribution in [1.82, 2.24) is 0 Å². The molecule has 0 atom stereocenters. The zero-order valence-electron chi connectivity index (χ0n) is 13.3. The number of carbonyl (C=O) groups is 2. The molecule has 1 N–H and O–H groups in total. The van der Waals surface area contributed by atoms with Crippen LogP contribution in [0.4, 0.5) is 18.9 Å². The van der Waals surface area contributed by atoms with Gasteiger partial charge in [0.25, 0.3) is 5.91 Å². The van der Waals surface area contributed by atoms with Crippen molar-refractivity contribution in [2.75, 3.05) is 5.32 Å². The Morgan fingerprint density at radius 3 is 2.04 bits per heavy atom. The molecule has 0 bridgehead atoms. The lowest BCUT2D eigenvalue weighted by Gasteiger charge is -2.10. The molecular formula is C20H12F3NO2. The van der Waals surface area contributed by atoms with Crippen molar-refractivity contribution < 1.29 is 22.8 Å². The molecule has 3 nitrogen and oxygen atoms in total. The van der Waals surface area contributed by atoms with E-state index in [0.717, 1.165) is 24.3 Å². The third kappa shape index (κ3) is 3.64. The number of anilines is 1. The average Bonchev–Trinajstić information content (AvgIpc) is 2.65. The molecule has 3 aromatic rings. The summed E-state index contributed by atoms with van der Waals surface area (Å²) in [5.74, 6) is -3.72. The first-order valence-electron chi connectivity index (χ1n) is 7.61. The van der Waals surface area contributed by atoms with Crippen LogP contribution in [-0.2, 0) is 0 Å². The summed E-state index contributed by atoms with van der Waals surface area (Å²) in [6, 6.07) is 13.9. The van der Waals surface area contributed by atoms with Gasteiger partial charge in [-0.25, -0.2) is 13.2 Å². The Morgan fingerprint density at radius 1 is 0.731 bits per heavy atom. The summed E-state index contributed by atoms with van der Waals surface area (Å²) in [4.78, 5) is 25.1. The summed E-state index contributed by atoms with van der Waals surface area (Å²) in [5.41, 5.74) is 0.447. The first kappa shape index (κ1) is 17.4. The molecule has 0 saturated carbocycles. The first-order chi connectivity index (χ1) is 12.5. The molecule has 0 heterocycles. The summed E-state index contributed by atoms with van der Waals surface area (Å²) in [5, 5.41) is 2.42. The molecule has 0 spiro atoms. The van der Waals surface area contributed by atoms with E-state index in [2.05, 4.69) is 5.32 Å². The van der Waals surface area contributed by atoms with Gasteiger partial charge in [-0.05, 0) is 42.5 Å². The molecule has 0 saturated heterocycles. The van der Waals surface area contributed by atoms with Crippen LogP contribution in [0.5, 0.6) is 0 Å². The largest absolute Gasteiger partial charge is 0.322 e. The third-order valence-corrected chi connectivity index (χ3v) is 3.70.